The summed E-state index contributed by atoms with van der Waals surface area (Å²) in [5.41, 5.74) is 1.05. The van der Waals surface area contributed by atoms with E-state index in [2.05, 4.69) is 10.1 Å². The van der Waals surface area contributed by atoms with Crippen molar-refractivity contribution in [3.05, 3.63) is 59.2 Å². The van der Waals surface area contributed by atoms with Crippen LogP contribution in [-0.2, 0) is 9.53 Å². The standard InChI is InChI=1S/C22H19F7N2O4/c1-9-16(12-5-3-10(23)7-15(12)34-20(25)26)17(35-21(9,2)22(27,28)29)19(33)31-11-4-6-14(24)13(8-11)18(30)32/h3-9,16-17,20H,1-2H3,(H2,30,32)(H,31,33)/t9-,16+,17-,21?/m1/s1. The van der Waals surface area contributed by atoms with Gasteiger partial charge in [0.25, 0.3) is 11.8 Å². The van der Waals surface area contributed by atoms with E-state index in [4.69, 9.17) is 10.5 Å². The van der Waals surface area contributed by atoms with Crippen molar-refractivity contribution in [1.82, 2.24) is 0 Å². The number of amides is 2. The lowest BCUT2D eigenvalue weighted by Crippen LogP contribution is -2.47. The molecule has 2 aromatic carbocycles. The SMILES string of the molecule is C[C@@H]1[C@@H](c2ccc(F)cc2OC(F)F)[C@H](C(=O)Nc2ccc(F)c(C(N)=O)c2)OC1(C)C(F)(F)F. The Balaban J connectivity index is 2.07. The molecule has 35 heavy (non-hydrogen) atoms. The van der Waals surface area contributed by atoms with E-state index in [1.54, 1.807) is 0 Å². The zero-order valence-corrected chi connectivity index (χ0v) is 18.1. The van der Waals surface area contributed by atoms with Gasteiger partial charge in [-0.3, -0.25) is 9.59 Å². The second-order valence-electron chi connectivity index (χ2n) is 8.07. The number of halogens is 7. The van der Waals surface area contributed by atoms with Crippen molar-refractivity contribution in [2.24, 2.45) is 11.7 Å². The van der Waals surface area contributed by atoms with Gasteiger partial charge in [-0.05, 0) is 31.2 Å². The van der Waals surface area contributed by atoms with Gasteiger partial charge in [0.2, 0.25) is 0 Å². The molecular formula is C22H19F7N2O4. The Labute approximate surface area is 194 Å². The van der Waals surface area contributed by atoms with Gasteiger partial charge in [0.1, 0.15) is 23.5 Å². The molecule has 0 aliphatic carbocycles. The molecule has 1 saturated heterocycles. The van der Waals surface area contributed by atoms with Gasteiger partial charge in [-0.25, -0.2) is 8.78 Å². The van der Waals surface area contributed by atoms with Crippen molar-refractivity contribution >= 4 is 17.5 Å². The largest absolute Gasteiger partial charge is 0.434 e. The van der Waals surface area contributed by atoms with Crippen LogP contribution in [0.2, 0.25) is 0 Å². The van der Waals surface area contributed by atoms with E-state index in [1.165, 1.54) is 0 Å². The second-order valence-corrected chi connectivity index (χ2v) is 8.07. The van der Waals surface area contributed by atoms with E-state index < -0.39 is 71.1 Å². The minimum Gasteiger partial charge on any atom is -0.434 e. The molecule has 13 heteroatoms. The second kappa shape index (κ2) is 9.36. The molecule has 0 bridgehead atoms. The fourth-order valence-electron chi connectivity index (χ4n) is 4.01. The van der Waals surface area contributed by atoms with Crippen molar-refractivity contribution in [3.8, 4) is 5.75 Å². The Morgan fingerprint density at radius 2 is 1.80 bits per heavy atom. The molecule has 1 aliphatic heterocycles. The lowest BCUT2D eigenvalue weighted by Gasteiger charge is -2.32. The molecule has 3 rings (SSSR count). The third-order valence-corrected chi connectivity index (χ3v) is 5.98. The lowest BCUT2D eigenvalue weighted by atomic mass is 9.77. The van der Waals surface area contributed by atoms with E-state index in [0.717, 1.165) is 37.3 Å². The lowest BCUT2D eigenvalue weighted by molar-refractivity contribution is -0.272. The van der Waals surface area contributed by atoms with Gasteiger partial charge >= 0.3 is 12.8 Å². The number of anilines is 1. The molecule has 2 amide bonds. The predicted octanol–water partition coefficient (Wildman–Crippen LogP) is 4.74. The van der Waals surface area contributed by atoms with Gasteiger partial charge in [-0.15, -0.1) is 0 Å². The highest BCUT2D eigenvalue weighted by Crippen LogP contribution is 2.54. The van der Waals surface area contributed by atoms with E-state index in [1.807, 2.05) is 0 Å². The number of alkyl halides is 5. The first kappa shape index (κ1) is 26.3. The summed E-state index contributed by atoms with van der Waals surface area (Å²) in [7, 11) is 0. The normalized spacial score (nSPS) is 24.5. The summed E-state index contributed by atoms with van der Waals surface area (Å²) in [4.78, 5) is 24.4. The molecule has 1 aliphatic rings. The number of carbonyl (C=O) groups excluding carboxylic acids is 2. The fourth-order valence-corrected chi connectivity index (χ4v) is 4.01. The third-order valence-electron chi connectivity index (χ3n) is 5.98. The highest BCUT2D eigenvalue weighted by atomic mass is 19.4. The summed E-state index contributed by atoms with van der Waals surface area (Å²) in [6, 6.07) is 5.01. The minimum absolute atomic E-state index is 0.191. The molecule has 0 aromatic heterocycles. The van der Waals surface area contributed by atoms with Crippen LogP contribution in [0.4, 0.5) is 36.4 Å². The van der Waals surface area contributed by atoms with Gasteiger partial charge in [0, 0.05) is 29.2 Å². The van der Waals surface area contributed by atoms with Crippen LogP contribution in [0.25, 0.3) is 0 Å². The highest BCUT2D eigenvalue weighted by Gasteiger charge is 2.65. The monoisotopic (exact) mass is 508 g/mol. The van der Waals surface area contributed by atoms with Crippen molar-refractivity contribution in [2.45, 2.75) is 44.3 Å². The highest BCUT2D eigenvalue weighted by molar-refractivity contribution is 5.98. The molecule has 190 valence electrons. The van der Waals surface area contributed by atoms with Crippen molar-refractivity contribution in [1.29, 1.82) is 0 Å². The zero-order chi connectivity index (χ0) is 26.3. The average molecular weight is 508 g/mol. The van der Waals surface area contributed by atoms with Crippen LogP contribution < -0.4 is 15.8 Å². The maximum atomic E-state index is 13.9. The number of ether oxygens (including phenoxy) is 2. The summed E-state index contributed by atoms with van der Waals surface area (Å²) in [5.74, 6) is -8.13. The number of hydrogen-bond acceptors (Lipinski definition) is 4. The first-order valence-electron chi connectivity index (χ1n) is 10.0. The zero-order valence-electron chi connectivity index (χ0n) is 18.1. The van der Waals surface area contributed by atoms with E-state index in [9.17, 15) is 40.3 Å². The minimum atomic E-state index is -4.99. The Kier molecular flexibility index (Phi) is 7.02. The molecule has 1 fully saturated rings. The topological polar surface area (TPSA) is 90.6 Å². The Morgan fingerprint density at radius 1 is 1.14 bits per heavy atom. The van der Waals surface area contributed by atoms with Crippen LogP contribution in [0.3, 0.4) is 0 Å². The van der Waals surface area contributed by atoms with Crippen LogP contribution in [-0.4, -0.2) is 36.3 Å². The summed E-state index contributed by atoms with van der Waals surface area (Å²) in [6.45, 7) is -1.64. The van der Waals surface area contributed by atoms with E-state index in [-0.39, 0.29) is 11.3 Å². The van der Waals surface area contributed by atoms with Crippen LogP contribution in [0.15, 0.2) is 36.4 Å². The number of nitrogens with one attached hydrogen (secondary N) is 1. The first-order valence-corrected chi connectivity index (χ1v) is 10.0. The number of primary amides is 1. The van der Waals surface area contributed by atoms with Gasteiger partial charge < -0.3 is 20.5 Å². The van der Waals surface area contributed by atoms with Gasteiger partial charge in [0.05, 0.1) is 5.56 Å². The summed E-state index contributed by atoms with van der Waals surface area (Å²) >= 11 is 0. The van der Waals surface area contributed by atoms with Crippen molar-refractivity contribution < 1.29 is 49.8 Å². The summed E-state index contributed by atoms with van der Waals surface area (Å²) in [5, 5.41) is 2.22. The van der Waals surface area contributed by atoms with Crippen molar-refractivity contribution in [2.75, 3.05) is 5.32 Å². The summed E-state index contributed by atoms with van der Waals surface area (Å²) in [6.07, 6.45) is -6.91. The molecule has 6 nitrogen and oxygen atoms in total. The first-order chi connectivity index (χ1) is 16.2. The maximum Gasteiger partial charge on any atom is 0.417 e. The van der Waals surface area contributed by atoms with Gasteiger partial charge in [-0.2, -0.15) is 22.0 Å². The Hall–Kier alpha value is -3.35. The Bertz CT molecular complexity index is 1140. The molecule has 1 unspecified atom stereocenters. The molecule has 1 heterocycles. The molecule has 2 aromatic rings. The van der Waals surface area contributed by atoms with Gasteiger partial charge in [0.15, 0.2) is 5.60 Å². The molecule has 3 N–H and O–H groups in total. The van der Waals surface area contributed by atoms with Gasteiger partial charge in [-0.1, -0.05) is 13.0 Å². The predicted molar refractivity (Wildman–Crippen MR) is 108 cm³/mol. The molecule has 0 spiro atoms. The van der Waals surface area contributed by atoms with E-state index in [0.29, 0.717) is 13.0 Å². The van der Waals surface area contributed by atoms with Crippen LogP contribution in [0, 0.1) is 17.6 Å². The summed E-state index contributed by atoms with van der Waals surface area (Å²) < 4.78 is 105. The van der Waals surface area contributed by atoms with Crippen LogP contribution >= 0.6 is 0 Å². The van der Waals surface area contributed by atoms with Crippen LogP contribution in [0.5, 0.6) is 5.75 Å². The van der Waals surface area contributed by atoms with E-state index >= 15 is 0 Å². The quantitative estimate of drug-likeness (QED) is 0.552. The molecule has 0 saturated carbocycles. The maximum absolute atomic E-state index is 13.9. The number of nitrogens with two attached hydrogens (primary N) is 1. The number of hydrogen-bond donors (Lipinski definition) is 2. The molecule has 0 radical (unpaired) electrons. The van der Waals surface area contributed by atoms with Crippen LogP contribution in [0.1, 0.15) is 35.7 Å². The van der Waals surface area contributed by atoms with Crippen molar-refractivity contribution in [3.63, 3.8) is 0 Å². The molecular weight excluding hydrogens is 489 g/mol. The average Bonchev–Trinajstić information content (AvgIpc) is 3.01. The number of benzene rings is 2. The number of carbonyl (C=O) groups is 2. The third kappa shape index (κ3) is 5.04. The molecule has 4 atom stereocenters. The number of rotatable bonds is 6. The Morgan fingerprint density at radius 3 is 2.37 bits per heavy atom. The smallest absolute Gasteiger partial charge is 0.417 e. The fraction of sp³-hybridized carbons (Fsp3) is 0.364.